The third-order valence-electron chi connectivity index (χ3n) is 2.09. The number of nitrogen functional groups attached to an aromatic ring is 1. The van der Waals surface area contributed by atoms with Crippen molar-refractivity contribution in [3.05, 3.63) is 34.6 Å². The minimum atomic E-state index is -0.452. The molecule has 0 radical (unpaired) electrons. The maximum Gasteiger partial charge on any atom is 0.322 e. The second kappa shape index (κ2) is 4.70. The molecular formula is C10H11N5O3. The molecule has 0 saturated carbocycles. The molecule has 2 heterocycles. The van der Waals surface area contributed by atoms with Crippen molar-refractivity contribution in [2.24, 2.45) is 0 Å². The molecule has 1 amide bonds. The Bertz CT molecular complexity index is 630. The number of hydrogen-bond donors (Lipinski definition) is 2. The van der Waals surface area contributed by atoms with E-state index in [4.69, 9.17) is 10.2 Å². The molecular weight excluding hydrogens is 238 g/mol. The van der Waals surface area contributed by atoms with Gasteiger partial charge in [-0.15, -0.1) is 5.10 Å². The van der Waals surface area contributed by atoms with Crippen LogP contribution in [-0.2, 0) is 11.3 Å². The van der Waals surface area contributed by atoms with Crippen molar-refractivity contribution >= 4 is 17.6 Å². The fourth-order valence-electron chi connectivity index (χ4n) is 1.33. The molecule has 0 aliphatic rings. The molecule has 94 valence electrons. The maximum atomic E-state index is 11.6. The smallest absolute Gasteiger partial charge is 0.322 e. The van der Waals surface area contributed by atoms with Gasteiger partial charge in [-0.05, 0) is 6.07 Å². The van der Waals surface area contributed by atoms with Gasteiger partial charge in [0.05, 0.1) is 0 Å². The molecule has 0 spiro atoms. The van der Waals surface area contributed by atoms with Crippen LogP contribution in [0.4, 0.5) is 11.7 Å². The van der Waals surface area contributed by atoms with Crippen molar-refractivity contribution in [2.75, 3.05) is 11.1 Å². The van der Waals surface area contributed by atoms with Crippen LogP contribution in [0.1, 0.15) is 5.89 Å². The van der Waals surface area contributed by atoms with E-state index in [0.717, 1.165) is 0 Å². The Morgan fingerprint density at radius 2 is 2.28 bits per heavy atom. The number of aromatic nitrogens is 3. The summed E-state index contributed by atoms with van der Waals surface area (Å²) in [5, 5.41) is 9.54. The summed E-state index contributed by atoms with van der Waals surface area (Å²) in [6, 6.07) is 2.76. The third-order valence-corrected chi connectivity index (χ3v) is 2.09. The summed E-state index contributed by atoms with van der Waals surface area (Å²) in [5.74, 6) is -0.113. The molecule has 2 rings (SSSR count). The van der Waals surface area contributed by atoms with Crippen LogP contribution in [-0.4, -0.2) is 20.7 Å². The maximum absolute atomic E-state index is 11.6. The Balaban J connectivity index is 2.07. The van der Waals surface area contributed by atoms with Crippen LogP contribution >= 0.6 is 0 Å². The van der Waals surface area contributed by atoms with Gasteiger partial charge in [0.2, 0.25) is 11.8 Å². The second-order valence-electron chi connectivity index (χ2n) is 3.60. The Labute approximate surface area is 101 Å². The average Bonchev–Trinajstić information content (AvgIpc) is 2.69. The number of aryl methyl sites for hydroxylation is 1. The van der Waals surface area contributed by atoms with E-state index >= 15 is 0 Å². The summed E-state index contributed by atoms with van der Waals surface area (Å²) in [6.07, 6.45) is 1.39. The van der Waals surface area contributed by atoms with Gasteiger partial charge in [-0.25, -0.2) is 0 Å². The lowest BCUT2D eigenvalue weighted by Gasteiger charge is -2.05. The normalized spacial score (nSPS) is 10.3. The van der Waals surface area contributed by atoms with Gasteiger partial charge in [0.25, 0.3) is 5.56 Å². The Morgan fingerprint density at radius 1 is 1.50 bits per heavy atom. The highest BCUT2D eigenvalue weighted by atomic mass is 16.4. The molecule has 0 aromatic carbocycles. The van der Waals surface area contributed by atoms with E-state index in [0.29, 0.717) is 11.6 Å². The first-order valence-electron chi connectivity index (χ1n) is 5.10. The topological polar surface area (TPSA) is 116 Å². The number of hydrogen-bond acceptors (Lipinski definition) is 6. The van der Waals surface area contributed by atoms with Crippen LogP contribution in [0.5, 0.6) is 0 Å². The van der Waals surface area contributed by atoms with E-state index < -0.39 is 5.91 Å². The summed E-state index contributed by atoms with van der Waals surface area (Å²) in [6.45, 7) is 1.43. The molecule has 18 heavy (non-hydrogen) atoms. The fourth-order valence-corrected chi connectivity index (χ4v) is 1.33. The molecule has 0 saturated heterocycles. The highest BCUT2D eigenvalue weighted by Gasteiger charge is 2.09. The summed E-state index contributed by atoms with van der Waals surface area (Å²) >= 11 is 0. The zero-order valence-corrected chi connectivity index (χ0v) is 9.58. The van der Waals surface area contributed by atoms with Gasteiger partial charge in [-0.2, -0.15) is 0 Å². The van der Waals surface area contributed by atoms with Crippen LogP contribution in [0.25, 0.3) is 0 Å². The zero-order chi connectivity index (χ0) is 13.1. The van der Waals surface area contributed by atoms with Gasteiger partial charge >= 0.3 is 6.01 Å². The second-order valence-corrected chi connectivity index (χ2v) is 3.60. The van der Waals surface area contributed by atoms with Crippen molar-refractivity contribution in [1.29, 1.82) is 0 Å². The minimum Gasteiger partial charge on any atom is -0.408 e. The van der Waals surface area contributed by atoms with Crippen LogP contribution in [0.15, 0.2) is 27.5 Å². The Hall–Kier alpha value is -2.64. The lowest BCUT2D eigenvalue weighted by molar-refractivity contribution is -0.116. The van der Waals surface area contributed by atoms with E-state index in [1.807, 2.05) is 0 Å². The monoisotopic (exact) mass is 249 g/mol. The molecule has 0 fully saturated rings. The average molecular weight is 249 g/mol. The molecule has 8 nitrogen and oxygen atoms in total. The number of amides is 1. The standard InChI is InChI=1S/C10H11N5O3/c1-6-13-14-10(18-6)12-8(16)5-15-4-7(11)2-3-9(15)17/h2-4H,5,11H2,1H3,(H,12,14,16). The summed E-state index contributed by atoms with van der Waals surface area (Å²) in [4.78, 5) is 23.1. The quantitative estimate of drug-likeness (QED) is 0.775. The van der Waals surface area contributed by atoms with Gasteiger partial charge < -0.3 is 14.7 Å². The van der Waals surface area contributed by atoms with Crippen LogP contribution in [0, 0.1) is 6.92 Å². The molecule has 3 N–H and O–H groups in total. The van der Waals surface area contributed by atoms with Crippen LogP contribution < -0.4 is 16.6 Å². The largest absolute Gasteiger partial charge is 0.408 e. The van der Waals surface area contributed by atoms with Crippen molar-refractivity contribution in [1.82, 2.24) is 14.8 Å². The molecule has 8 heteroatoms. The van der Waals surface area contributed by atoms with E-state index in [2.05, 4.69) is 15.5 Å². The third kappa shape index (κ3) is 2.73. The van der Waals surface area contributed by atoms with Crippen molar-refractivity contribution in [3.63, 3.8) is 0 Å². The molecule has 0 bridgehead atoms. The van der Waals surface area contributed by atoms with Crippen molar-refractivity contribution < 1.29 is 9.21 Å². The van der Waals surface area contributed by atoms with Crippen molar-refractivity contribution in [3.8, 4) is 0 Å². The van der Waals surface area contributed by atoms with Crippen LogP contribution in [0.2, 0.25) is 0 Å². The molecule has 0 aliphatic heterocycles. The van der Waals surface area contributed by atoms with Crippen LogP contribution in [0.3, 0.4) is 0 Å². The number of anilines is 2. The van der Waals surface area contributed by atoms with E-state index in [9.17, 15) is 9.59 Å². The summed E-state index contributed by atoms with van der Waals surface area (Å²) in [7, 11) is 0. The van der Waals surface area contributed by atoms with Crippen molar-refractivity contribution in [2.45, 2.75) is 13.5 Å². The first kappa shape index (κ1) is 11.8. The molecule has 0 unspecified atom stereocenters. The fraction of sp³-hybridized carbons (Fsp3) is 0.200. The minimum absolute atomic E-state index is 0.00514. The van der Waals surface area contributed by atoms with Gasteiger partial charge in [0, 0.05) is 24.9 Å². The first-order chi connectivity index (χ1) is 8.54. The Morgan fingerprint density at radius 3 is 2.94 bits per heavy atom. The highest BCUT2D eigenvalue weighted by molar-refractivity contribution is 5.88. The van der Waals surface area contributed by atoms with E-state index in [-0.39, 0.29) is 18.1 Å². The van der Waals surface area contributed by atoms with Gasteiger partial charge in [0.1, 0.15) is 6.54 Å². The predicted molar refractivity (Wildman–Crippen MR) is 62.8 cm³/mol. The zero-order valence-electron chi connectivity index (χ0n) is 9.58. The number of pyridine rings is 1. The lowest BCUT2D eigenvalue weighted by Crippen LogP contribution is -2.27. The van der Waals surface area contributed by atoms with E-state index in [1.54, 1.807) is 6.92 Å². The molecule has 2 aromatic heterocycles. The number of nitrogens with one attached hydrogen (secondary N) is 1. The number of carbonyl (C=O) groups is 1. The number of carbonyl (C=O) groups excluding carboxylic acids is 1. The molecule has 0 aliphatic carbocycles. The summed E-state index contributed by atoms with van der Waals surface area (Å²) < 4.78 is 6.17. The summed E-state index contributed by atoms with van der Waals surface area (Å²) in [5.41, 5.74) is 5.61. The predicted octanol–water partition coefficient (Wildman–Crippen LogP) is -0.239. The van der Waals surface area contributed by atoms with E-state index in [1.165, 1.54) is 22.9 Å². The van der Waals surface area contributed by atoms with Gasteiger partial charge in [-0.3, -0.25) is 14.9 Å². The lowest BCUT2D eigenvalue weighted by atomic mass is 10.4. The van der Waals surface area contributed by atoms with Gasteiger partial charge in [0.15, 0.2) is 0 Å². The SMILES string of the molecule is Cc1nnc(NC(=O)Cn2cc(N)ccc2=O)o1. The highest BCUT2D eigenvalue weighted by Crippen LogP contribution is 2.03. The number of nitrogens with two attached hydrogens (primary N) is 1. The molecule has 2 aromatic rings. The number of rotatable bonds is 3. The number of nitrogens with zero attached hydrogens (tertiary/aromatic N) is 3. The van der Waals surface area contributed by atoms with Gasteiger partial charge in [-0.1, -0.05) is 5.10 Å². The Kier molecular flexibility index (Phi) is 3.09. The molecule has 0 atom stereocenters. The first-order valence-corrected chi connectivity index (χ1v) is 5.10.